The maximum Gasteiger partial charge on any atom is 0.349 e. The minimum atomic E-state index is -0.447. The van der Waals surface area contributed by atoms with Crippen LogP contribution < -0.4 is 5.32 Å². The first kappa shape index (κ1) is 15.7. The van der Waals surface area contributed by atoms with Crippen molar-refractivity contribution in [3.63, 3.8) is 0 Å². The highest BCUT2D eigenvalue weighted by Gasteiger charge is 2.14. The van der Waals surface area contributed by atoms with Crippen LogP contribution in [0.1, 0.15) is 39.2 Å². The van der Waals surface area contributed by atoms with Crippen LogP contribution in [0.25, 0.3) is 0 Å². The van der Waals surface area contributed by atoms with Crippen LogP contribution in [0, 0.1) is 0 Å². The summed E-state index contributed by atoms with van der Waals surface area (Å²) in [5.41, 5.74) is 3.78. The van der Waals surface area contributed by atoms with Gasteiger partial charge in [-0.05, 0) is 42.4 Å². The van der Waals surface area contributed by atoms with Crippen molar-refractivity contribution >= 4 is 28.3 Å². The number of hydrogen-bond donors (Lipinski definition) is 1. The van der Waals surface area contributed by atoms with Gasteiger partial charge in [0.2, 0.25) is 5.91 Å². The van der Waals surface area contributed by atoms with Gasteiger partial charge in [-0.3, -0.25) is 4.79 Å². The van der Waals surface area contributed by atoms with Gasteiger partial charge in [0.25, 0.3) is 0 Å². The monoisotopic (exact) mass is 330 g/mol. The highest BCUT2D eigenvalue weighted by molar-refractivity contribution is 7.17. The van der Waals surface area contributed by atoms with Crippen molar-refractivity contribution in [2.24, 2.45) is 0 Å². The van der Waals surface area contributed by atoms with Crippen molar-refractivity contribution in [3.05, 3.63) is 46.0 Å². The van der Waals surface area contributed by atoms with Crippen molar-refractivity contribution in [2.45, 2.75) is 32.1 Å². The molecular formula is C17H18N2O3S. The van der Waals surface area contributed by atoms with Crippen molar-refractivity contribution in [1.29, 1.82) is 0 Å². The molecule has 1 aromatic carbocycles. The Labute approximate surface area is 138 Å². The molecule has 0 bridgehead atoms. The lowest BCUT2D eigenvalue weighted by Crippen LogP contribution is -2.14. The Balaban J connectivity index is 1.63. The molecule has 0 aliphatic heterocycles. The summed E-state index contributed by atoms with van der Waals surface area (Å²) in [5, 5.41) is 3.14. The summed E-state index contributed by atoms with van der Waals surface area (Å²) in [5.74, 6) is -0.579. The molecule has 1 amide bonds. The molecule has 1 heterocycles. The number of methoxy groups -OCH3 is 1. The molecule has 0 saturated heterocycles. The molecule has 23 heavy (non-hydrogen) atoms. The zero-order valence-corrected chi connectivity index (χ0v) is 13.7. The minimum Gasteiger partial charge on any atom is -0.465 e. The molecule has 0 radical (unpaired) electrons. The third kappa shape index (κ3) is 3.76. The Kier molecular flexibility index (Phi) is 4.71. The van der Waals surface area contributed by atoms with E-state index in [9.17, 15) is 9.59 Å². The predicted octanol–water partition coefficient (Wildman–Crippen LogP) is 2.99. The second-order valence-corrected chi connectivity index (χ2v) is 6.59. The van der Waals surface area contributed by atoms with Gasteiger partial charge >= 0.3 is 5.97 Å². The lowest BCUT2D eigenvalue weighted by atomic mass is 9.90. The number of nitrogens with one attached hydrogen (secondary N) is 1. The summed E-state index contributed by atoms with van der Waals surface area (Å²) in [6.07, 6.45) is 6.42. The number of aromatic nitrogens is 1. The normalized spacial score (nSPS) is 13.3. The molecule has 0 atom stereocenters. The van der Waals surface area contributed by atoms with Gasteiger partial charge in [0, 0.05) is 0 Å². The van der Waals surface area contributed by atoms with Crippen LogP contribution in [-0.2, 0) is 28.8 Å². The van der Waals surface area contributed by atoms with Crippen molar-refractivity contribution < 1.29 is 14.3 Å². The smallest absolute Gasteiger partial charge is 0.349 e. The molecule has 5 nitrogen and oxygen atoms in total. The molecule has 3 rings (SSSR count). The lowest BCUT2D eigenvalue weighted by molar-refractivity contribution is -0.115. The molecule has 0 fully saturated rings. The van der Waals surface area contributed by atoms with Crippen LogP contribution in [0.2, 0.25) is 0 Å². The fourth-order valence-corrected chi connectivity index (χ4v) is 3.52. The fourth-order valence-electron chi connectivity index (χ4n) is 2.77. The quantitative estimate of drug-likeness (QED) is 0.875. The average molecular weight is 330 g/mol. The molecule has 1 N–H and O–H groups in total. The number of carbonyl (C=O) groups excluding carboxylic acids is 2. The average Bonchev–Trinajstić information content (AvgIpc) is 3.02. The predicted molar refractivity (Wildman–Crippen MR) is 88.9 cm³/mol. The number of nitrogens with zero attached hydrogens (tertiary/aromatic N) is 1. The van der Waals surface area contributed by atoms with Crippen LogP contribution in [0.4, 0.5) is 5.13 Å². The molecule has 6 heteroatoms. The van der Waals surface area contributed by atoms with Crippen LogP contribution in [-0.4, -0.2) is 24.0 Å². The number of esters is 1. The first-order valence-corrected chi connectivity index (χ1v) is 8.42. The molecule has 0 saturated carbocycles. The van der Waals surface area contributed by atoms with E-state index in [1.54, 1.807) is 0 Å². The number of amides is 1. The number of benzene rings is 1. The summed E-state index contributed by atoms with van der Waals surface area (Å²) >= 11 is 1.11. The topological polar surface area (TPSA) is 68.3 Å². The van der Waals surface area contributed by atoms with E-state index in [4.69, 9.17) is 0 Å². The van der Waals surface area contributed by atoms with Crippen LogP contribution >= 0.6 is 11.3 Å². The van der Waals surface area contributed by atoms with Gasteiger partial charge in [-0.15, -0.1) is 0 Å². The fraction of sp³-hybridized carbons (Fsp3) is 0.353. The first-order chi connectivity index (χ1) is 11.2. The first-order valence-electron chi connectivity index (χ1n) is 7.60. The van der Waals surface area contributed by atoms with Gasteiger partial charge in [0.05, 0.1) is 19.7 Å². The van der Waals surface area contributed by atoms with E-state index < -0.39 is 5.97 Å². The Morgan fingerprint density at radius 1 is 1.26 bits per heavy atom. The maximum atomic E-state index is 12.1. The molecule has 120 valence electrons. The molecule has 2 aromatic rings. The summed E-state index contributed by atoms with van der Waals surface area (Å²) < 4.78 is 4.62. The molecule has 1 aliphatic rings. The number of aryl methyl sites for hydroxylation is 2. The van der Waals surface area contributed by atoms with Gasteiger partial charge in [0.15, 0.2) is 5.13 Å². The van der Waals surface area contributed by atoms with Gasteiger partial charge in [-0.2, -0.15) is 0 Å². The lowest BCUT2D eigenvalue weighted by Gasteiger charge is -2.16. The second kappa shape index (κ2) is 6.91. The van der Waals surface area contributed by atoms with E-state index in [-0.39, 0.29) is 5.91 Å². The zero-order valence-electron chi connectivity index (χ0n) is 12.9. The highest BCUT2D eigenvalue weighted by atomic mass is 32.1. The molecule has 0 spiro atoms. The van der Waals surface area contributed by atoms with E-state index in [0.29, 0.717) is 16.4 Å². The number of anilines is 1. The van der Waals surface area contributed by atoms with E-state index in [2.05, 4.69) is 27.2 Å². The van der Waals surface area contributed by atoms with Gasteiger partial charge in [-0.25, -0.2) is 9.78 Å². The van der Waals surface area contributed by atoms with Crippen LogP contribution in [0.15, 0.2) is 24.4 Å². The maximum absolute atomic E-state index is 12.1. The number of carbonyl (C=O) groups is 2. The Morgan fingerprint density at radius 2 is 2.04 bits per heavy atom. The van der Waals surface area contributed by atoms with Crippen LogP contribution in [0.5, 0.6) is 0 Å². The number of thiazole rings is 1. The summed E-state index contributed by atoms with van der Waals surface area (Å²) in [7, 11) is 1.32. The van der Waals surface area contributed by atoms with Gasteiger partial charge in [0.1, 0.15) is 4.88 Å². The summed E-state index contributed by atoms with van der Waals surface area (Å²) in [6.45, 7) is 0. The number of rotatable bonds is 4. The summed E-state index contributed by atoms with van der Waals surface area (Å²) in [6, 6.07) is 6.29. The van der Waals surface area contributed by atoms with E-state index in [1.165, 1.54) is 37.3 Å². The molecule has 1 aromatic heterocycles. The van der Waals surface area contributed by atoms with Gasteiger partial charge < -0.3 is 10.1 Å². The minimum absolute atomic E-state index is 0.133. The third-order valence-corrected chi connectivity index (χ3v) is 4.81. The second-order valence-electron chi connectivity index (χ2n) is 5.56. The number of ether oxygens (including phenoxy) is 1. The van der Waals surface area contributed by atoms with E-state index >= 15 is 0 Å². The number of hydrogen-bond acceptors (Lipinski definition) is 5. The zero-order chi connectivity index (χ0) is 16.2. The number of fused-ring (bicyclic) bond motifs is 1. The Morgan fingerprint density at radius 3 is 2.83 bits per heavy atom. The van der Waals surface area contributed by atoms with Gasteiger partial charge in [-0.1, -0.05) is 29.5 Å². The molecular weight excluding hydrogens is 312 g/mol. The third-order valence-electron chi connectivity index (χ3n) is 3.92. The van der Waals surface area contributed by atoms with Crippen molar-refractivity contribution in [2.75, 3.05) is 12.4 Å². The summed E-state index contributed by atoms with van der Waals surface area (Å²) in [4.78, 5) is 27.9. The molecule has 0 unspecified atom stereocenters. The van der Waals surface area contributed by atoms with Crippen molar-refractivity contribution in [3.8, 4) is 0 Å². The van der Waals surface area contributed by atoms with Crippen LogP contribution in [0.3, 0.4) is 0 Å². The molecule has 1 aliphatic carbocycles. The Hall–Kier alpha value is -2.21. The Bertz CT molecular complexity index is 739. The largest absolute Gasteiger partial charge is 0.465 e. The standard InChI is InChI=1S/C17H18N2O3S/c1-22-16(21)14-10-18-17(23-14)19-15(20)9-11-6-7-12-4-2-3-5-13(12)8-11/h6-8,10H,2-5,9H2,1H3,(H,18,19,20). The highest BCUT2D eigenvalue weighted by Crippen LogP contribution is 2.23. The van der Waals surface area contributed by atoms with E-state index in [0.717, 1.165) is 29.7 Å². The van der Waals surface area contributed by atoms with E-state index in [1.807, 2.05) is 6.07 Å². The van der Waals surface area contributed by atoms with Crippen molar-refractivity contribution in [1.82, 2.24) is 4.98 Å². The SMILES string of the molecule is COC(=O)c1cnc(NC(=O)Cc2ccc3c(c2)CCCC3)s1.